The molecule has 5 N–H and O–H groups in total. The Hall–Kier alpha value is -1.64. The first-order valence-electron chi connectivity index (χ1n) is 11.4. The maximum absolute atomic E-state index is 11.0. The monoisotopic (exact) mass is 450 g/mol. The second kappa shape index (κ2) is 8.37. The van der Waals surface area contributed by atoms with Gasteiger partial charge in [0.25, 0.3) is 10.1 Å². The zero-order valence-corrected chi connectivity index (χ0v) is 18.7. The molecule has 0 saturated heterocycles. The lowest BCUT2D eigenvalue weighted by atomic mass is 9.46. The van der Waals surface area contributed by atoms with E-state index in [4.69, 9.17) is 15.4 Å². The summed E-state index contributed by atoms with van der Waals surface area (Å²) in [5, 5.41) is 12.8. The molecule has 4 aliphatic carbocycles. The van der Waals surface area contributed by atoms with Crippen molar-refractivity contribution in [3.05, 3.63) is 29.8 Å². The van der Waals surface area contributed by atoms with Crippen LogP contribution in [0.25, 0.3) is 0 Å². The molecule has 4 saturated carbocycles. The summed E-state index contributed by atoms with van der Waals surface area (Å²) < 4.78 is 31.1. The number of benzene rings is 1. The number of unbranched alkanes of at least 4 members (excludes halogenated alkanes) is 1. The highest BCUT2D eigenvalue weighted by atomic mass is 32.2. The first-order valence-corrected chi connectivity index (χ1v) is 13.0. The minimum atomic E-state index is -3.87. The number of hydrogen-bond donors (Lipinski definition) is 4. The quantitative estimate of drug-likeness (QED) is 0.317. The number of carboxylic acid groups (broad SMARTS) is 1. The van der Waals surface area contributed by atoms with Gasteiger partial charge in [0.2, 0.25) is 0 Å². The van der Waals surface area contributed by atoms with Gasteiger partial charge >= 0.3 is 5.97 Å². The number of carbonyl (C=O) groups is 1. The number of nitrogens with one attached hydrogen (secondary N) is 1. The Kier molecular flexibility index (Phi) is 6.09. The lowest BCUT2D eigenvalue weighted by molar-refractivity contribution is -0.138. The fourth-order valence-corrected chi connectivity index (χ4v) is 7.62. The van der Waals surface area contributed by atoms with Gasteiger partial charge in [-0.15, -0.1) is 0 Å². The average Bonchev–Trinajstić information content (AvgIpc) is 2.65. The number of nitrogens with two attached hydrogens (primary N) is 1. The summed E-state index contributed by atoms with van der Waals surface area (Å²) in [6.07, 6.45) is 9.98. The topological polar surface area (TPSA) is 130 Å². The van der Waals surface area contributed by atoms with E-state index in [1.54, 1.807) is 0 Å². The molecular formula is C23H34N2O5S. The van der Waals surface area contributed by atoms with Crippen molar-refractivity contribution in [1.82, 2.24) is 0 Å². The van der Waals surface area contributed by atoms with Crippen LogP contribution in [0.3, 0.4) is 0 Å². The molecule has 4 bridgehead atoms. The van der Waals surface area contributed by atoms with E-state index in [9.17, 15) is 13.2 Å². The molecule has 0 aliphatic heterocycles. The van der Waals surface area contributed by atoms with E-state index in [2.05, 4.69) is 5.32 Å². The zero-order valence-electron chi connectivity index (χ0n) is 17.9. The highest BCUT2D eigenvalue weighted by Crippen LogP contribution is 2.63. The molecule has 3 atom stereocenters. The van der Waals surface area contributed by atoms with Gasteiger partial charge in [-0.05, 0) is 92.7 Å². The number of carboxylic acids is 1. The number of rotatable bonds is 10. The molecule has 4 fully saturated rings. The predicted molar refractivity (Wildman–Crippen MR) is 119 cm³/mol. The molecule has 172 valence electrons. The van der Waals surface area contributed by atoms with E-state index in [0.717, 1.165) is 42.3 Å². The van der Waals surface area contributed by atoms with Crippen LogP contribution in [0.15, 0.2) is 24.3 Å². The Morgan fingerprint density at radius 1 is 1.13 bits per heavy atom. The first kappa shape index (κ1) is 22.6. The fraction of sp³-hybridized carbons (Fsp3) is 0.696. The van der Waals surface area contributed by atoms with Crippen LogP contribution in [-0.2, 0) is 21.3 Å². The van der Waals surface area contributed by atoms with Crippen LogP contribution in [0, 0.1) is 17.3 Å². The summed E-state index contributed by atoms with van der Waals surface area (Å²) in [5.41, 5.74) is 8.00. The highest BCUT2D eigenvalue weighted by Gasteiger charge is 2.57. The van der Waals surface area contributed by atoms with Crippen molar-refractivity contribution in [2.24, 2.45) is 23.0 Å². The maximum Gasteiger partial charge on any atom is 0.320 e. The Morgan fingerprint density at radius 3 is 2.35 bits per heavy atom. The summed E-state index contributed by atoms with van der Waals surface area (Å²) in [5.74, 6) is 0.320. The van der Waals surface area contributed by atoms with Crippen LogP contribution in [0.4, 0.5) is 5.69 Å². The summed E-state index contributed by atoms with van der Waals surface area (Å²) >= 11 is 0. The number of aliphatic carboxylic acids is 1. The molecule has 0 heterocycles. The van der Waals surface area contributed by atoms with E-state index in [1.165, 1.54) is 32.1 Å². The Morgan fingerprint density at radius 2 is 1.77 bits per heavy atom. The van der Waals surface area contributed by atoms with Crippen LogP contribution in [-0.4, -0.2) is 41.4 Å². The minimum Gasteiger partial charge on any atom is -0.480 e. The molecule has 0 amide bonds. The number of anilines is 1. The van der Waals surface area contributed by atoms with Gasteiger partial charge in [-0.2, -0.15) is 8.42 Å². The summed E-state index contributed by atoms with van der Waals surface area (Å²) in [6.45, 7) is 0. The largest absolute Gasteiger partial charge is 0.480 e. The van der Waals surface area contributed by atoms with Crippen molar-refractivity contribution in [2.75, 3.05) is 11.1 Å². The molecule has 0 spiro atoms. The van der Waals surface area contributed by atoms with Crippen LogP contribution < -0.4 is 11.1 Å². The van der Waals surface area contributed by atoms with Crippen LogP contribution in [0.5, 0.6) is 0 Å². The van der Waals surface area contributed by atoms with Crippen LogP contribution in [0.2, 0.25) is 0 Å². The standard InChI is InChI=1S/C23H34N2O5S/c24-20(21(26)27)10-16-3-5-19(6-4-16)25-23-13-17-9-18(14-23)12-22(11-17,15-23)7-1-2-8-31(28,29)30/h3-6,17-18,20,25H,1-2,7-15,24H2,(H,26,27)(H,28,29,30)/t17?,18?,20-,22?,23?/m0/s1. The molecule has 0 radical (unpaired) electrons. The lowest BCUT2D eigenvalue weighted by Crippen LogP contribution is -2.59. The van der Waals surface area contributed by atoms with Crippen molar-refractivity contribution in [3.8, 4) is 0 Å². The lowest BCUT2D eigenvalue weighted by Gasteiger charge is -2.63. The zero-order chi connectivity index (χ0) is 22.3. The smallest absolute Gasteiger partial charge is 0.320 e. The maximum atomic E-state index is 11.0. The van der Waals surface area contributed by atoms with Gasteiger partial charge in [-0.1, -0.05) is 18.6 Å². The number of hydrogen-bond acceptors (Lipinski definition) is 5. The van der Waals surface area contributed by atoms with Gasteiger partial charge in [-0.3, -0.25) is 9.35 Å². The van der Waals surface area contributed by atoms with E-state index in [-0.39, 0.29) is 16.7 Å². The van der Waals surface area contributed by atoms with Crippen LogP contribution >= 0.6 is 0 Å². The van der Waals surface area contributed by atoms with E-state index >= 15 is 0 Å². The third kappa shape index (κ3) is 5.41. The van der Waals surface area contributed by atoms with Crippen molar-refractivity contribution in [1.29, 1.82) is 0 Å². The summed E-state index contributed by atoms with van der Waals surface area (Å²) in [6, 6.07) is 7.08. The van der Waals surface area contributed by atoms with Crippen molar-refractivity contribution in [3.63, 3.8) is 0 Å². The molecule has 0 aromatic heterocycles. The van der Waals surface area contributed by atoms with E-state index < -0.39 is 22.1 Å². The van der Waals surface area contributed by atoms with Crippen LogP contribution in [0.1, 0.15) is 63.4 Å². The SMILES string of the molecule is N[C@@H](Cc1ccc(NC23CC4CC(CC(CCCCS(=O)(=O)O)(C4)C2)C3)cc1)C(=O)O. The second-order valence-electron chi connectivity index (χ2n) is 10.5. The average molecular weight is 451 g/mol. The molecule has 4 aliphatic rings. The van der Waals surface area contributed by atoms with Gasteiger partial charge in [-0.25, -0.2) is 0 Å². The molecule has 5 rings (SSSR count). The van der Waals surface area contributed by atoms with E-state index in [0.29, 0.717) is 12.8 Å². The van der Waals surface area contributed by atoms with E-state index in [1.807, 2.05) is 24.3 Å². The van der Waals surface area contributed by atoms with Gasteiger partial charge in [0.05, 0.1) is 5.75 Å². The molecule has 1 aromatic carbocycles. The minimum absolute atomic E-state index is 0.0894. The summed E-state index contributed by atoms with van der Waals surface area (Å²) in [4.78, 5) is 11.0. The molecule has 31 heavy (non-hydrogen) atoms. The third-order valence-corrected chi connectivity index (χ3v) is 8.48. The van der Waals surface area contributed by atoms with Gasteiger partial charge < -0.3 is 16.2 Å². The second-order valence-corrected chi connectivity index (χ2v) is 12.0. The summed E-state index contributed by atoms with van der Waals surface area (Å²) in [7, 11) is -3.87. The Bertz CT molecular complexity index is 900. The normalized spacial score (nSPS) is 32.7. The predicted octanol–water partition coefficient (Wildman–Crippen LogP) is 3.45. The molecule has 7 nitrogen and oxygen atoms in total. The highest BCUT2D eigenvalue weighted by molar-refractivity contribution is 7.85. The van der Waals surface area contributed by atoms with Gasteiger partial charge in [0.1, 0.15) is 6.04 Å². The molecule has 2 unspecified atom stereocenters. The van der Waals surface area contributed by atoms with Crippen molar-refractivity contribution >= 4 is 21.8 Å². The van der Waals surface area contributed by atoms with Gasteiger partial charge in [0, 0.05) is 11.2 Å². The van der Waals surface area contributed by atoms with Crippen molar-refractivity contribution < 1.29 is 22.9 Å². The Labute approximate surface area is 184 Å². The molecule has 1 aromatic rings. The molecule has 8 heteroatoms. The first-order chi connectivity index (χ1) is 14.6. The van der Waals surface area contributed by atoms with Gasteiger partial charge in [0.15, 0.2) is 0 Å². The fourth-order valence-electron chi connectivity index (χ4n) is 7.05. The molecular weight excluding hydrogens is 416 g/mol. The van der Waals surface area contributed by atoms with Crippen molar-refractivity contribution in [2.45, 2.75) is 75.8 Å². The third-order valence-electron chi connectivity index (χ3n) is 7.68. The Balaban J connectivity index is 1.41.